The number of hydrogen-bond acceptors (Lipinski definition) is 3. The van der Waals surface area contributed by atoms with E-state index in [2.05, 4.69) is 16.3 Å². The average Bonchev–Trinajstić information content (AvgIpc) is 2.69. The minimum Gasteiger partial charge on any atom is -0.375 e. The summed E-state index contributed by atoms with van der Waals surface area (Å²) < 4.78 is 32.4. The molecule has 4 nitrogen and oxygen atoms in total. The molecule has 2 atom stereocenters. The predicted molar refractivity (Wildman–Crippen MR) is 106 cm³/mol. The minimum atomic E-state index is -0.578. The number of carbonyl (C=O) groups is 1. The van der Waals surface area contributed by atoms with E-state index in [0.29, 0.717) is 6.61 Å². The highest BCUT2D eigenvalue weighted by Crippen LogP contribution is 2.22. The molecule has 1 fully saturated rings. The molecule has 3 rings (SSSR count). The molecule has 0 saturated carbocycles. The van der Waals surface area contributed by atoms with Crippen LogP contribution in [0.4, 0.5) is 14.5 Å². The van der Waals surface area contributed by atoms with Gasteiger partial charge >= 0.3 is 0 Å². The molecule has 1 aliphatic rings. The van der Waals surface area contributed by atoms with Crippen LogP contribution in [0.3, 0.4) is 0 Å². The summed E-state index contributed by atoms with van der Waals surface area (Å²) in [5.41, 5.74) is 2.09. The lowest BCUT2D eigenvalue weighted by Gasteiger charge is -2.33. The molecule has 1 heterocycles. The van der Waals surface area contributed by atoms with Gasteiger partial charge in [-0.05, 0) is 55.8 Å². The first-order valence-corrected chi connectivity index (χ1v) is 9.32. The first-order chi connectivity index (χ1) is 13.4. The Morgan fingerprint density at radius 3 is 2.89 bits per heavy atom. The predicted octanol–water partition coefficient (Wildman–Crippen LogP) is 4.08. The van der Waals surface area contributed by atoms with Gasteiger partial charge in [0.2, 0.25) is 5.91 Å². The van der Waals surface area contributed by atoms with E-state index >= 15 is 0 Å². The number of morpholine rings is 1. The molecular weight excluding hydrogens is 362 g/mol. The fourth-order valence-corrected chi connectivity index (χ4v) is 3.20. The van der Waals surface area contributed by atoms with Gasteiger partial charge in [-0.1, -0.05) is 12.1 Å². The molecule has 0 radical (unpaired) electrons. The largest absolute Gasteiger partial charge is 0.375 e. The van der Waals surface area contributed by atoms with Gasteiger partial charge in [0.15, 0.2) is 0 Å². The van der Waals surface area contributed by atoms with Crippen LogP contribution in [0.1, 0.15) is 31.0 Å². The van der Waals surface area contributed by atoms with Gasteiger partial charge in [-0.2, -0.15) is 0 Å². The molecular formula is C22H24F2N2O2. The summed E-state index contributed by atoms with van der Waals surface area (Å²) in [4.78, 5) is 14.4. The highest BCUT2D eigenvalue weighted by molar-refractivity contribution is 5.92. The van der Waals surface area contributed by atoms with Crippen LogP contribution in [0.2, 0.25) is 0 Å². The summed E-state index contributed by atoms with van der Waals surface area (Å²) in [6.45, 7) is 6.28. The van der Waals surface area contributed by atoms with Crippen LogP contribution in [0.5, 0.6) is 0 Å². The van der Waals surface area contributed by atoms with E-state index in [9.17, 15) is 13.6 Å². The Hall–Kier alpha value is -2.73. The number of benzene rings is 2. The molecule has 1 unspecified atom stereocenters. The van der Waals surface area contributed by atoms with Gasteiger partial charge in [0.25, 0.3) is 0 Å². The number of halogens is 2. The lowest BCUT2D eigenvalue weighted by molar-refractivity contribution is -0.117. The van der Waals surface area contributed by atoms with Gasteiger partial charge in [-0.3, -0.25) is 4.79 Å². The Morgan fingerprint density at radius 1 is 1.29 bits per heavy atom. The second-order valence-corrected chi connectivity index (χ2v) is 6.95. The van der Waals surface area contributed by atoms with Crippen LogP contribution in [0.25, 0.3) is 6.08 Å². The Kier molecular flexibility index (Phi) is 6.41. The molecule has 1 aliphatic heterocycles. The standard InChI is InChI=1S/C22H24F2N2O2/c1-15-14-26(10-11-28-15)20-5-3-4-17(13-20)16(2)25-22(27)9-6-18-12-19(23)7-8-21(18)24/h3-9,12-13,15-16H,10-11,14H2,1-2H3,(H,25,27)/t15?,16-/m0/s1. The number of nitrogens with one attached hydrogen (secondary N) is 1. The van der Waals surface area contributed by atoms with Crippen molar-refractivity contribution in [2.75, 3.05) is 24.6 Å². The average molecular weight is 386 g/mol. The molecule has 1 amide bonds. The van der Waals surface area contributed by atoms with E-state index in [1.165, 1.54) is 12.2 Å². The number of hydrogen-bond donors (Lipinski definition) is 1. The summed E-state index contributed by atoms with van der Waals surface area (Å²) in [5.74, 6) is -1.50. The molecule has 0 aromatic heterocycles. The van der Waals surface area contributed by atoms with Crippen molar-refractivity contribution in [1.82, 2.24) is 5.32 Å². The lowest BCUT2D eigenvalue weighted by atomic mass is 10.1. The van der Waals surface area contributed by atoms with Crippen LogP contribution in [-0.2, 0) is 9.53 Å². The maximum Gasteiger partial charge on any atom is 0.244 e. The van der Waals surface area contributed by atoms with E-state index in [4.69, 9.17) is 4.74 Å². The van der Waals surface area contributed by atoms with E-state index in [1.807, 2.05) is 32.0 Å². The summed E-state index contributed by atoms with van der Waals surface area (Å²) in [7, 11) is 0. The summed E-state index contributed by atoms with van der Waals surface area (Å²) in [5, 5.41) is 2.85. The van der Waals surface area contributed by atoms with Crippen LogP contribution in [-0.4, -0.2) is 31.7 Å². The summed E-state index contributed by atoms with van der Waals surface area (Å²) in [6, 6.07) is 10.9. The third-order valence-electron chi connectivity index (χ3n) is 4.71. The van der Waals surface area contributed by atoms with Gasteiger partial charge in [-0.15, -0.1) is 0 Å². The second kappa shape index (κ2) is 8.97. The Bertz CT molecular complexity index is 869. The van der Waals surface area contributed by atoms with Crippen molar-refractivity contribution in [3.8, 4) is 0 Å². The van der Waals surface area contributed by atoms with Gasteiger partial charge < -0.3 is 15.0 Å². The smallest absolute Gasteiger partial charge is 0.244 e. The maximum atomic E-state index is 13.6. The first-order valence-electron chi connectivity index (χ1n) is 9.32. The van der Waals surface area contributed by atoms with Crippen molar-refractivity contribution in [2.45, 2.75) is 26.0 Å². The van der Waals surface area contributed by atoms with Crippen LogP contribution >= 0.6 is 0 Å². The molecule has 6 heteroatoms. The normalized spacial score (nSPS) is 18.3. The Morgan fingerprint density at radius 2 is 2.11 bits per heavy atom. The van der Waals surface area contributed by atoms with Crippen molar-refractivity contribution >= 4 is 17.7 Å². The molecule has 0 spiro atoms. The quantitative estimate of drug-likeness (QED) is 0.788. The van der Waals surface area contributed by atoms with E-state index in [0.717, 1.165) is 42.5 Å². The SMILES string of the molecule is CC1CN(c2cccc([C@H](C)NC(=O)C=Cc3cc(F)ccc3F)c2)CCO1. The van der Waals surface area contributed by atoms with E-state index < -0.39 is 11.6 Å². The monoisotopic (exact) mass is 386 g/mol. The van der Waals surface area contributed by atoms with E-state index in [-0.39, 0.29) is 23.6 Å². The van der Waals surface area contributed by atoms with Crippen LogP contribution < -0.4 is 10.2 Å². The number of nitrogens with zero attached hydrogens (tertiary/aromatic N) is 1. The molecule has 148 valence electrons. The van der Waals surface area contributed by atoms with E-state index in [1.54, 1.807) is 0 Å². The fraction of sp³-hybridized carbons (Fsp3) is 0.318. The Labute approximate surface area is 163 Å². The molecule has 1 saturated heterocycles. The number of amides is 1. The van der Waals surface area contributed by atoms with Crippen molar-refractivity contribution in [3.63, 3.8) is 0 Å². The highest BCUT2D eigenvalue weighted by Gasteiger charge is 2.18. The molecule has 1 N–H and O–H groups in total. The first kappa shape index (κ1) is 20.0. The minimum absolute atomic E-state index is 0.0336. The second-order valence-electron chi connectivity index (χ2n) is 6.95. The fourth-order valence-electron chi connectivity index (χ4n) is 3.20. The van der Waals surface area contributed by atoms with Gasteiger partial charge in [-0.25, -0.2) is 8.78 Å². The zero-order valence-electron chi connectivity index (χ0n) is 16.0. The van der Waals surface area contributed by atoms with Crippen molar-refractivity contribution in [2.24, 2.45) is 0 Å². The zero-order chi connectivity index (χ0) is 20.1. The number of rotatable bonds is 5. The van der Waals surface area contributed by atoms with Gasteiger partial charge in [0.1, 0.15) is 11.6 Å². The maximum absolute atomic E-state index is 13.6. The summed E-state index contributed by atoms with van der Waals surface area (Å²) >= 11 is 0. The summed E-state index contributed by atoms with van der Waals surface area (Å²) in [6.07, 6.45) is 2.66. The van der Waals surface area contributed by atoms with Gasteiger partial charge in [0, 0.05) is 30.4 Å². The van der Waals surface area contributed by atoms with Crippen molar-refractivity contribution in [3.05, 3.63) is 71.3 Å². The zero-order valence-corrected chi connectivity index (χ0v) is 16.0. The third kappa shape index (κ3) is 5.16. The highest BCUT2D eigenvalue weighted by atomic mass is 19.1. The Balaban J connectivity index is 1.64. The van der Waals surface area contributed by atoms with Gasteiger partial charge in [0.05, 0.1) is 18.8 Å². The molecule has 2 aromatic carbocycles. The lowest BCUT2D eigenvalue weighted by Crippen LogP contribution is -2.41. The molecule has 28 heavy (non-hydrogen) atoms. The number of carbonyl (C=O) groups excluding carboxylic acids is 1. The van der Waals surface area contributed by atoms with Crippen LogP contribution in [0.15, 0.2) is 48.5 Å². The number of anilines is 1. The third-order valence-corrected chi connectivity index (χ3v) is 4.71. The number of ether oxygens (including phenoxy) is 1. The van der Waals surface area contributed by atoms with Crippen molar-refractivity contribution in [1.29, 1.82) is 0 Å². The topological polar surface area (TPSA) is 41.6 Å². The molecule has 0 bridgehead atoms. The molecule has 2 aromatic rings. The molecule has 0 aliphatic carbocycles. The van der Waals surface area contributed by atoms with Crippen molar-refractivity contribution < 1.29 is 18.3 Å². The van der Waals surface area contributed by atoms with Crippen LogP contribution in [0, 0.1) is 11.6 Å².